The lowest BCUT2D eigenvalue weighted by molar-refractivity contribution is -0.167. The Balaban J connectivity index is 4.26. The molecule has 2 atom stereocenters. The second-order valence-corrected chi connectivity index (χ2v) is 21.0. The summed E-state index contributed by atoms with van der Waals surface area (Å²) in [6, 6.07) is 0. The first-order valence-electron chi connectivity index (χ1n) is 29.3. The highest BCUT2D eigenvalue weighted by Gasteiger charge is 2.19. The van der Waals surface area contributed by atoms with Crippen molar-refractivity contribution in [3.05, 3.63) is 0 Å². The number of unbranched alkanes of at least 4 members (excludes halogenated alkanes) is 37. The molecule has 0 aromatic rings. The highest BCUT2D eigenvalue weighted by Crippen LogP contribution is 2.19. The summed E-state index contributed by atoms with van der Waals surface area (Å²) >= 11 is 0. The van der Waals surface area contributed by atoms with E-state index in [1.807, 2.05) is 0 Å². The van der Waals surface area contributed by atoms with E-state index in [2.05, 4.69) is 34.6 Å². The topological polar surface area (TPSA) is 78.9 Å². The molecule has 0 spiro atoms. The predicted molar refractivity (Wildman–Crippen MR) is 280 cm³/mol. The van der Waals surface area contributed by atoms with Gasteiger partial charge in [-0.3, -0.25) is 14.4 Å². The van der Waals surface area contributed by atoms with Gasteiger partial charge in [-0.15, -0.1) is 0 Å². The molecule has 0 saturated heterocycles. The second kappa shape index (κ2) is 51.8. The Morgan fingerprint density at radius 3 is 0.877 bits per heavy atom. The quantitative estimate of drug-likeness (QED) is 0.0344. The van der Waals surface area contributed by atoms with Crippen molar-refractivity contribution in [3.8, 4) is 0 Å². The molecule has 0 amide bonds. The maximum atomic E-state index is 12.9. The van der Waals surface area contributed by atoms with Crippen LogP contribution in [0.5, 0.6) is 0 Å². The van der Waals surface area contributed by atoms with Gasteiger partial charge in [0.1, 0.15) is 13.2 Å². The molecular formula is C59H114O6. The first-order chi connectivity index (χ1) is 31.8. The zero-order chi connectivity index (χ0) is 47.5. The average molecular weight is 920 g/mol. The summed E-state index contributed by atoms with van der Waals surface area (Å²) in [6.07, 6.45) is 55.1. The van der Waals surface area contributed by atoms with Crippen LogP contribution in [0, 0.1) is 11.8 Å². The molecule has 65 heavy (non-hydrogen) atoms. The third-order valence-electron chi connectivity index (χ3n) is 13.8. The van der Waals surface area contributed by atoms with E-state index >= 15 is 0 Å². The van der Waals surface area contributed by atoms with Crippen LogP contribution in [0.15, 0.2) is 0 Å². The SMILES string of the molecule is CCCCCCCCCCCCCC(=O)OC[C@@H](COC(=O)CCCCCCCCCCCCCCCCC(C)CC)OC(=O)CCCCCCCCCCCCCCCCCC(C)C. The van der Waals surface area contributed by atoms with Crippen LogP contribution >= 0.6 is 0 Å². The molecule has 6 heteroatoms. The summed E-state index contributed by atoms with van der Waals surface area (Å²) in [5.74, 6) is 0.905. The molecule has 0 fully saturated rings. The zero-order valence-corrected chi connectivity index (χ0v) is 44.6. The molecule has 0 aliphatic carbocycles. The lowest BCUT2D eigenvalue weighted by Crippen LogP contribution is -2.30. The third-order valence-corrected chi connectivity index (χ3v) is 13.8. The van der Waals surface area contributed by atoms with Gasteiger partial charge < -0.3 is 14.2 Å². The summed E-state index contributed by atoms with van der Waals surface area (Å²) in [4.78, 5) is 38.1. The van der Waals surface area contributed by atoms with Gasteiger partial charge in [0.2, 0.25) is 0 Å². The van der Waals surface area contributed by atoms with Crippen molar-refractivity contribution in [2.24, 2.45) is 11.8 Å². The van der Waals surface area contributed by atoms with Gasteiger partial charge >= 0.3 is 17.9 Å². The molecule has 0 aromatic heterocycles. The van der Waals surface area contributed by atoms with Crippen molar-refractivity contribution in [1.29, 1.82) is 0 Å². The highest BCUT2D eigenvalue weighted by molar-refractivity contribution is 5.71. The van der Waals surface area contributed by atoms with Crippen molar-refractivity contribution in [2.45, 2.75) is 336 Å². The van der Waals surface area contributed by atoms with Crippen LogP contribution in [0.1, 0.15) is 330 Å². The van der Waals surface area contributed by atoms with E-state index in [1.165, 1.54) is 218 Å². The van der Waals surface area contributed by atoms with Crippen molar-refractivity contribution in [3.63, 3.8) is 0 Å². The van der Waals surface area contributed by atoms with Crippen LogP contribution in [0.25, 0.3) is 0 Å². The molecule has 0 aliphatic heterocycles. The monoisotopic (exact) mass is 919 g/mol. The fraction of sp³-hybridized carbons (Fsp3) is 0.949. The van der Waals surface area contributed by atoms with Crippen LogP contribution < -0.4 is 0 Å². The first kappa shape index (κ1) is 63.4. The van der Waals surface area contributed by atoms with Gasteiger partial charge in [-0.2, -0.15) is 0 Å². The van der Waals surface area contributed by atoms with Gasteiger partial charge in [0.05, 0.1) is 0 Å². The molecule has 0 aliphatic rings. The maximum absolute atomic E-state index is 12.9. The molecule has 386 valence electrons. The maximum Gasteiger partial charge on any atom is 0.306 e. The van der Waals surface area contributed by atoms with Crippen molar-refractivity contribution in [1.82, 2.24) is 0 Å². The third kappa shape index (κ3) is 51.6. The largest absolute Gasteiger partial charge is 0.462 e. The summed E-state index contributed by atoms with van der Waals surface area (Å²) in [7, 11) is 0. The molecule has 0 rings (SSSR count). The highest BCUT2D eigenvalue weighted by atomic mass is 16.6. The minimum atomic E-state index is -0.762. The molecule has 0 radical (unpaired) electrons. The van der Waals surface area contributed by atoms with Gasteiger partial charge in [-0.05, 0) is 31.1 Å². The molecule has 1 unspecified atom stereocenters. The molecule has 6 nitrogen and oxygen atoms in total. The smallest absolute Gasteiger partial charge is 0.306 e. The Kier molecular flexibility index (Phi) is 50.5. The minimum absolute atomic E-state index is 0.0625. The number of rotatable bonds is 53. The van der Waals surface area contributed by atoms with Crippen LogP contribution in [0.2, 0.25) is 0 Å². The van der Waals surface area contributed by atoms with E-state index in [0.717, 1.165) is 69.6 Å². The number of carbonyl (C=O) groups excluding carboxylic acids is 3. The summed E-state index contributed by atoms with van der Waals surface area (Å²) in [5, 5.41) is 0. The minimum Gasteiger partial charge on any atom is -0.462 e. The Labute approximate surface area is 406 Å². The standard InChI is InChI=1S/C59H114O6/c1-6-8-9-10-11-12-22-29-34-39-44-49-57(60)63-52-56(65-59(62)51-46-41-36-31-26-21-15-13-14-18-23-27-32-37-42-47-54(3)4)53-64-58(61)50-45-40-35-30-25-20-17-16-19-24-28-33-38-43-48-55(5)7-2/h54-56H,6-53H2,1-5H3/t55?,56-/m0/s1. The molecule has 0 bridgehead atoms. The molecule has 0 saturated carbocycles. The molecule has 0 heterocycles. The summed E-state index contributed by atoms with van der Waals surface area (Å²) in [5.41, 5.74) is 0. The van der Waals surface area contributed by atoms with E-state index in [1.54, 1.807) is 0 Å². The van der Waals surface area contributed by atoms with Crippen LogP contribution in [0.4, 0.5) is 0 Å². The van der Waals surface area contributed by atoms with Crippen LogP contribution in [0.3, 0.4) is 0 Å². The summed E-state index contributed by atoms with van der Waals surface area (Å²) < 4.78 is 16.9. The lowest BCUT2D eigenvalue weighted by atomic mass is 9.99. The van der Waals surface area contributed by atoms with Gasteiger partial charge in [0, 0.05) is 19.3 Å². The summed E-state index contributed by atoms with van der Waals surface area (Å²) in [6.45, 7) is 11.5. The van der Waals surface area contributed by atoms with E-state index in [-0.39, 0.29) is 31.1 Å². The number of hydrogen-bond acceptors (Lipinski definition) is 6. The van der Waals surface area contributed by atoms with E-state index in [9.17, 15) is 14.4 Å². The van der Waals surface area contributed by atoms with E-state index in [0.29, 0.717) is 19.3 Å². The number of esters is 3. The Bertz CT molecular complexity index is 995. The van der Waals surface area contributed by atoms with Gasteiger partial charge in [-0.1, -0.05) is 291 Å². The number of hydrogen-bond donors (Lipinski definition) is 0. The van der Waals surface area contributed by atoms with Crippen molar-refractivity contribution in [2.75, 3.05) is 13.2 Å². The van der Waals surface area contributed by atoms with Crippen molar-refractivity contribution >= 4 is 17.9 Å². The predicted octanol–water partition coefficient (Wildman–Crippen LogP) is 19.3. The fourth-order valence-electron chi connectivity index (χ4n) is 9.02. The first-order valence-corrected chi connectivity index (χ1v) is 29.3. The average Bonchev–Trinajstić information content (AvgIpc) is 3.29. The Hall–Kier alpha value is -1.59. The normalized spacial score (nSPS) is 12.5. The number of ether oxygens (including phenoxy) is 3. The fourth-order valence-corrected chi connectivity index (χ4v) is 9.02. The molecule has 0 N–H and O–H groups in total. The van der Waals surface area contributed by atoms with Gasteiger partial charge in [0.15, 0.2) is 6.10 Å². The Morgan fingerprint density at radius 1 is 0.323 bits per heavy atom. The van der Waals surface area contributed by atoms with E-state index < -0.39 is 6.10 Å². The Morgan fingerprint density at radius 2 is 0.585 bits per heavy atom. The molecular weight excluding hydrogens is 805 g/mol. The molecule has 0 aromatic carbocycles. The van der Waals surface area contributed by atoms with Crippen molar-refractivity contribution < 1.29 is 28.6 Å². The van der Waals surface area contributed by atoms with Gasteiger partial charge in [-0.25, -0.2) is 0 Å². The zero-order valence-electron chi connectivity index (χ0n) is 44.6. The van der Waals surface area contributed by atoms with Gasteiger partial charge in [0.25, 0.3) is 0 Å². The number of carbonyl (C=O) groups is 3. The van der Waals surface area contributed by atoms with E-state index in [4.69, 9.17) is 14.2 Å². The second-order valence-electron chi connectivity index (χ2n) is 21.0. The van der Waals surface area contributed by atoms with Crippen LogP contribution in [-0.2, 0) is 28.6 Å². The lowest BCUT2D eigenvalue weighted by Gasteiger charge is -2.18. The van der Waals surface area contributed by atoms with Crippen LogP contribution in [-0.4, -0.2) is 37.2 Å².